The summed E-state index contributed by atoms with van der Waals surface area (Å²) in [7, 11) is 0. The Kier molecular flexibility index (Phi) is 8.39. The van der Waals surface area contributed by atoms with Crippen LogP contribution in [0.3, 0.4) is 0 Å². The van der Waals surface area contributed by atoms with Gasteiger partial charge in [0, 0.05) is 37.4 Å². The van der Waals surface area contributed by atoms with Crippen molar-refractivity contribution in [1.82, 2.24) is 10.2 Å². The molecule has 2 aliphatic rings. The molecule has 2 rings (SSSR count). The van der Waals surface area contributed by atoms with Crippen LogP contribution in [0.25, 0.3) is 0 Å². The highest BCUT2D eigenvalue weighted by molar-refractivity contribution is 5.27. The second-order valence-corrected chi connectivity index (χ2v) is 7.14. The number of aliphatic hydroxyl groups excluding tert-OH is 2. The number of allylic oxidation sites excluding steroid dienone is 1. The highest BCUT2D eigenvalue weighted by Gasteiger charge is 2.31. The molecule has 10 heteroatoms. The second kappa shape index (κ2) is 10.5. The first-order valence-electron chi connectivity index (χ1n) is 9.30. The average molecular weight is 398 g/mol. The average Bonchev–Trinajstić information content (AvgIpc) is 2.66. The molecule has 2 aliphatic heterocycles. The predicted octanol–water partition coefficient (Wildman–Crippen LogP) is -0.676. The Morgan fingerprint density at radius 2 is 2.04 bits per heavy atom. The van der Waals surface area contributed by atoms with Crippen molar-refractivity contribution in [2.24, 2.45) is 5.73 Å². The molecule has 0 aliphatic carbocycles. The van der Waals surface area contributed by atoms with Crippen LogP contribution in [0.1, 0.15) is 12.8 Å². The van der Waals surface area contributed by atoms with Crippen LogP contribution in [0.5, 0.6) is 0 Å². The zero-order valence-corrected chi connectivity index (χ0v) is 16.0. The topological polar surface area (TPSA) is 143 Å². The molecule has 158 valence electrons. The largest absolute Gasteiger partial charge is 0.399 e. The fraction of sp³-hybridized carbons (Fsp3) is 0.667. The molecule has 2 heterocycles. The first kappa shape index (κ1) is 22.3. The van der Waals surface area contributed by atoms with E-state index in [9.17, 15) is 20.3 Å². The quantitative estimate of drug-likeness (QED) is 0.226. The van der Waals surface area contributed by atoms with Gasteiger partial charge in [0.2, 0.25) is 0 Å². The van der Waals surface area contributed by atoms with Gasteiger partial charge in [-0.15, -0.1) is 0 Å². The van der Waals surface area contributed by atoms with E-state index < -0.39 is 4.92 Å². The smallest absolute Gasteiger partial charge is 0.293 e. The third-order valence-corrected chi connectivity index (χ3v) is 4.87. The van der Waals surface area contributed by atoms with E-state index in [1.165, 1.54) is 0 Å². The maximum atomic E-state index is 11.1. The van der Waals surface area contributed by atoms with Gasteiger partial charge in [-0.1, -0.05) is 13.2 Å². The van der Waals surface area contributed by atoms with Crippen molar-refractivity contribution in [3.8, 4) is 0 Å². The summed E-state index contributed by atoms with van der Waals surface area (Å²) in [4.78, 5) is 12.6. The lowest BCUT2D eigenvalue weighted by Gasteiger charge is -2.40. The molecule has 10 nitrogen and oxygen atoms in total. The van der Waals surface area contributed by atoms with Crippen molar-refractivity contribution in [3.63, 3.8) is 0 Å². The van der Waals surface area contributed by atoms with Gasteiger partial charge in [-0.3, -0.25) is 15.0 Å². The number of likely N-dealkylation sites (tertiary alicyclic amines) is 1. The third-order valence-electron chi connectivity index (χ3n) is 4.87. The molecule has 4 atom stereocenters. The fourth-order valence-electron chi connectivity index (χ4n) is 3.33. The molecule has 0 amide bonds. The number of ether oxygens (including phenoxy) is 2. The Bertz CT molecular complexity index is 603. The summed E-state index contributed by atoms with van der Waals surface area (Å²) < 4.78 is 11.6. The predicted molar refractivity (Wildman–Crippen MR) is 103 cm³/mol. The maximum Gasteiger partial charge on any atom is 0.293 e. The van der Waals surface area contributed by atoms with Crippen molar-refractivity contribution in [2.75, 3.05) is 39.5 Å². The molecular weight excluding hydrogens is 368 g/mol. The van der Waals surface area contributed by atoms with E-state index in [0.29, 0.717) is 45.7 Å². The number of nitrogens with two attached hydrogens (primary N) is 1. The summed E-state index contributed by atoms with van der Waals surface area (Å²) in [6, 6.07) is -0.0697. The van der Waals surface area contributed by atoms with Crippen molar-refractivity contribution in [3.05, 3.63) is 46.4 Å². The van der Waals surface area contributed by atoms with Gasteiger partial charge >= 0.3 is 0 Å². The Labute approximate surface area is 164 Å². The number of hydrogen-bond acceptors (Lipinski definition) is 9. The van der Waals surface area contributed by atoms with Gasteiger partial charge in [-0.05, 0) is 12.8 Å². The molecule has 5 N–H and O–H groups in total. The molecule has 0 saturated carbocycles. The van der Waals surface area contributed by atoms with Crippen molar-refractivity contribution in [1.29, 1.82) is 0 Å². The van der Waals surface area contributed by atoms with Crippen LogP contribution in [-0.4, -0.2) is 83.8 Å². The van der Waals surface area contributed by atoms with Crippen molar-refractivity contribution < 1.29 is 24.6 Å². The van der Waals surface area contributed by atoms with Crippen LogP contribution in [0.2, 0.25) is 0 Å². The van der Waals surface area contributed by atoms with Gasteiger partial charge in [0.15, 0.2) is 0 Å². The monoisotopic (exact) mass is 398 g/mol. The van der Waals surface area contributed by atoms with E-state index in [2.05, 4.69) is 23.4 Å². The number of piperidine rings is 1. The molecule has 0 bridgehead atoms. The molecule has 2 saturated heterocycles. The molecule has 2 fully saturated rings. The third kappa shape index (κ3) is 6.57. The fourth-order valence-corrected chi connectivity index (χ4v) is 3.33. The first-order chi connectivity index (χ1) is 13.3. The maximum absolute atomic E-state index is 11.1. The lowest BCUT2D eigenvalue weighted by molar-refractivity contribution is -0.421. The van der Waals surface area contributed by atoms with Crippen LogP contribution in [-0.2, 0) is 9.47 Å². The van der Waals surface area contributed by atoms with Gasteiger partial charge in [-0.2, -0.15) is 0 Å². The number of nitrogens with zero attached hydrogens (tertiary/aromatic N) is 2. The highest BCUT2D eigenvalue weighted by Crippen LogP contribution is 2.19. The van der Waals surface area contributed by atoms with E-state index in [1.54, 1.807) is 0 Å². The van der Waals surface area contributed by atoms with E-state index in [1.807, 2.05) is 0 Å². The van der Waals surface area contributed by atoms with Crippen LogP contribution in [0, 0.1) is 10.1 Å². The van der Waals surface area contributed by atoms with E-state index in [-0.39, 0.29) is 48.1 Å². The highest BCUT2D eigenvalue weighted by atomic mass is 16.6. The Morgan fingerprint density at radius 3 is 2.61 bits per heavy atom. The summed E-state index contributed by atoms with van der Waals surface area (Å²) in [6.07, 6.45) is 1.63. The van der Waals surface area contributed by atoms with Gasteiger partial charge in [-0.25, -0.2) is 0 Å². The SMILES string of the molecule is C=C(N)/C=C(\C(=C)NCC1COC(CN2CCC(O)CC2CO)CO1)[N+](=O)[O-]. The van der Waals surface area contributed by atoms with E-state index >= 15 is 0 Å². The van der Waals surface area contributed by atoms with E-state index in [4.69, 9.17) is 15.2 Å². The Balaban J connectivity index is 1.75. The first-order valence-corrected chi connectivity index (χ1v) is 9.30. The van der Waals surface area contributed by atoms with Crippen LogP contribution in [0.4, 0.5) is 0 Å². The number of nitro groups is 1. The minimum Gasteiger partial charge on any atom is -0.399 e. The molecule has 0 radical (unpaired) electrons. The minimum atomic E-state index is -0.575. The van der Waals surface area contributed by atoms with Crippen LogP contribution >= 0.6 is 0 Å². The van der Waals surface area contributed by atoms with Crippen molar-refractivity contribution in [2.45, 2.75) is 37.2 Å². The van der Waals surface area contributed by atoms with Crippen LogP contribution < -0.4 is 11.1 Å². The lowest BCUT2D eigenvalue weighted by Crippen LogP contribution is -2.52. The summed E-state index contributed by atoms with van der Waals surface area (Å²) in [5, 5.41) is 33.2. The molecular formula is C18H30N4O6. The molecule has 4 unspecified atom stereocenters. The van der Waals surface area contributed by atoms with E-state index in [0.717, 1.165) is 6.08 Å². The van der Waals surface area contributed by atoms with Gasteiger partial charge in [0.05, 0.1) is 43.1 Å². The van der Waals surface area contributed by atoms with Gasteiger partial charge in [0.25, 0.3) is 5.70 Å². The molecule has 0 aromatic heterocycles. The minimum absolute atomic E-state index is 0.000808. The molecule has 0 spiro atoms. The number of nitrogens with one attached hydrogen (secondary N) is 1. The Hall–Kier alpha value is -1.98. The summed E-state index contributed by atoms with van der Waals surface area (Å²) in [6.45, 7) is 9.46. The molecule has 0 aromatic rings. The standard InChI is InChI=1S/C18H30N4O6/c1-12(19)5-18(22(25)26)13(2)20-7-16-10-28-17(11-27-16)8-21-4-3-15(24)6-14(21)9-23/h5,14-17,20,23-24H,1-4,6-11,19H2/b18-5+. The lowest BCUT2D eigenvalue weighted by atomic mass is 9.99. The van der Waals surface area contributed by atoms with Gasteiger partial charge in [0.1, 0.15) is 5.70 Å². The number of hydrogen-bond donors (Lipinski definition) is 4. The number of aliphatic hydroxyl groups is 2. The molecule has 28 heavy (non-hydrogen) atoms. The zero-order chi connectivity index (χ0) is 20.7. The summed E-state index contributed by atoms with van der Waals surface area (Å²) >= 11 is 0. The molecule has 0 aromatic carbocycles. The summed E-state index contributed by atoms with van der Waals surface area (Å²) in [5.41, 5.74) is 5.35. The summed E-state index contributed by atoms with van der Waals surface area (Å²) in [5.74, 6) is 0. The number of rotatable bonds is 9. The Morgan fingerprint density at radius 1 is 1.36 bits per heavy atom. The van der Waals surface area contributed by atoms with Gasteiger partial charge < -0.3 is 30.7 Å². The normalized spacial score (nSPS) is 29.3. The second-order valence-electron chi connectivity index (χ2n) is 7.14. The van der Waals surface area contributed by atoms with Crippen LogP contribution in [0.15, 0.2) is 36.3 Å². The zero-order valence-electron chi connectivity index (χ0n) is 16.0. The van der Waals surface area contributed by atoms with Crippen molar-refractivity contribution >= 4 is 0 Å².